The number of aliphatic hydroxyl groups is 1. The van der Waals surface area contributed by atoms with E-state index in [1.54, 1.807) is 12.3 Å². The van der Waals surface area contributed by atoms with Crippen LogP contribution in [-0.2, 0) is 6.61 Å². The van der Waals surface area contributed by atoms with Crippen molar-refractivity contribution in [3.8, 4) is 11.4 Å². The minimum absolute atomic E-state index is 0.138. The molecular formula is C10H10FN3O2. The fourth-order valence-corrected chi connectivity index (χ4v) is 1.29. The summed E-state index contributed by atoms with van der Waals surface area (Å²) in [5.74, 6) is -0.299. The largest absolute Gasteiger partial charge is 0.494 e. The van der Waals surface area contributed by atoms with Crippen molar-refractivity contribution in [1.82, 2.24) is 15.0 Å². The average Bonchev–Trinajstić information content (AvgIpc) is 2.78. The lowest BCUT2D eigenvalue weighted by molar-refractivity contribution is 0.276. The molecule has 1 aromatic carbocycles. The van der Waals surface area contributed by atoms with Crippen LogP contribution < -0.4 is 4.74 Å². The van der Waals surface area contributed by atoms with Gasteiger partial charge in [-0.25, -0.2) is 9.07 Å². The Labute approximate surface area is 91.1 Å². The summed E-state index contributed by atoms with van der Waals surface area (Å²) in [6, 6.07) is 4.34. The average molecular weight is 223 g/mol. The lowest BCUT2D eigenvalue weighted by atomic mass is 10.3. The van der Waals surface area contributed by atoms with Crippen LogP contribution in [0, 0.1) is 5.82 Å². The van der Waals surface area contributed by atoms with Gasteiger partial charge in [0.05, 0.1) is 25.6 Å². The van der Waals surface area contributed by atoms with Crippen molar-refractivity contribution >= 4 is 0 Å². The summed E-state index contributed by atoms with van der Waals surface area (Å²) in [5.41, 5.74) is 1.06. The molecule has 0 atom stereocenters. The van der Waals surface area contributed by atoms with Gasteiger partial charge in [-0.1, -0.05) is 5.21 Å². The zero-order valence-corrected chi connectivity index (χ0v) is 8.59. The standard InChI is InChI=1S/C10H10FN3O2/c1-16-10-4-8(2-3-9(10)11)14-5-7(6-15)12-13-14/h2-5,15H,6H2,1H3. The first-order valence-electron chi connectivity index (χ1n) is 4.60. The SMILES string of the molecule is COc1cc(-n2cc(CO)nn2)ccc1F. The van der Waals surface area contributed by atoms with Gasteiger partial charge in [-0.2, -0.15) is 0 Å². The number of aromatic nitrogens is 3. The van der Waals surface area contributed by atoms with Gasteiger partial charge in [-0.3, -0.25) is 0 Å². The van der Waals surface area contributed by atoms with E-state index in [9.17, 15) is 4.39 Å². The third-order valence-corrected chi connectivity index (χ3v) is 2.10. The summed E-state index contributed by atoms with van der Waals surface area (Å²) in [6.07, 6.45) is 1.56. The third-order valence-electron chi connectivity index (χ3n) is 2.10. The van der Waals surface area contributed by atoms with Gasteiger partial charge in [0.25, 0.3) is 0 Å². The molecule has 0 aliphatic carbocycles. The van der Waals surface area contributed by atoms with Crippen molar-refractivity contribution < 1.29 is 14.2 Å². The monoisotopic (exact) mass is 223 g/mol. The fourth-order valence-electron chi connectivity index (χ4n) is 1.29. The molecule has 0 spiro atoms. The molecule has 6 heteroatoms. The smallest absolute Gasteiger partial charge is 0.165 e. The second-order valence-electron chi connectivity index (χ2n) is 3.13. The second kappa shape index (κ2) is 4.28. The van der Waals surface area contributed by atoms with E-state index in [-0.39, 0.29) is 12.4 Å². The van der Waals surface area contributed by atoms with E-state index in [1.807, 2.05) is 0 Å². The molecule has 0 saturated heterocycles. The molecule has 0 radical (unpaired) electrons. The minimum Gasteiger partial charge on any atom is -0.494 e. The highest BCUT2D eigenvalue weighted by molar-refractivity contribution is 5.39. The van der Waals surface area contributed by atoms with E-state index in [2.05, 4.69) is 10.3 Å². The Hall–Kier alpha value is -1.95. The Morgan fingerprint density at radius 2 is 2.31 bits per heavy atom. The molecule has 0 aliphatic heterocycles. The molecule has 1 N–H and O–H groups in total. The van der Waals surface area contributed by atoms with Crippen LogP contribution >= 0.6 is 0 Å². The molecule has 2 rings (SSSR count). The van der Waals surface area contributed by atoms with Crippen LogP contribution in [-0.4, -0.2) is 27.2 Å². The number of rotatable bonds is 3. The Kier molecular flexibility index (Phi) is 2.82. The van der Waals surface area contributed by atoms with Gasteiger partial charge in [0, 0.05) is 6.07 Å². The maximum atomic E-state index is 13.1. The highest BCUT2D eigenvalue weighted by atomic mass is 19.1. The Balaban J connectivity index is 2.40. The van der Waals surface area contributed by atoms with Crippen LogP contribution in [0.4, 0.5) is 4.39 Å². The van der Waals surface area contributed by atoms with Crippen molar-refractivity contribution in [3.63, 3.8) is 0 Å². The quantitative estimate of drug-likeness (QED) is 0.840. The summed E-state index contributed by atoms with van der Waals surface area (Å²) in [5, 5.41) is 16.4. The number of nitrogens with zero attached hydrogens (tertiary/aromatic N) is 3. The van der Waals surface area contributed by atoms with E-state index < -0.39 is 5.82 Å². The van der Waals surface area contributed by atoms with Gasteiger partial charge in [0.15, 0.2) is 11.6 Å². The van der Waals surface area contributed by atoms with Gasteiger partial charge >= 0.3 is 0 Å². The molecule has 0 saturated carbocycles. The molecule has 84 valence electrons. The zero-order valence-electron chi connectivity index (χ0n) is 8.59. The third kappa shape index (κ3) is 1.87. The predicted octanol–water partition coefficient (Wildman–Crippen LogP) is 0.907. The number of halogens is 1. The molecule has 1 heterocycles. The number of benzene rings is 1. The van der Waals surface area contributed by atoms with Gasteiger partial charge < -0.3 is 9.84 Å². The second-order valence-corrected chi connectivity index (χ2v) is 3.13. The van der Waals surface area contributed by atoms with Gasteiger partial charge in [0.2, 0.25) is 0 Å². The Morgan fingerprint density at radius 3 is 2.94 bits per heavy atom. The number of hydrogen-bond acceptors (Lipinski definition) is 4. The van der Waals surface area contributed by atoms with Crippen molar-refractivity contribution in [2.24, 2.45) is 0 Å². The first-order valence-corrected chi connectivity index (χ1v) is 4.60. The number of ether oxygens (including phenoxy) is 1. The predicted molar refractivity (Wildman–Crippen MR) is 53.8 cm³/mol. The highest BCUT2D eigenvalue weighted by Crippen LogP contribution is 2.20. The number of methoxy groups -OCH3 is 1. The Morgan fingerprint density at radius 1 is 1.50 bits per heavy atom. The Bertz CT molecular complexity index is 499. The van der Waals surface area contributed by atoms with Crippen LogP contribution in [0.5, 0.6) is 5.75 Å². The molecule has 5 nitrogen and oxygen atoms in total. The summed E-state index contributed by atoms with van der Waals surface area (Å²) in [7, 11) is 1.39. The van der Waals surface area contributed by atoms with E-state index in [4.69, 9.17) is 9.84 Å². The van der Waals surface area contributed by atoms with Gasteiger partial charge in [0.1, 0.15) is 5.69 Å². The molecule has 16 heavy (non-hydrogen) atoms. The van der Waals surface area contributed by atoms with Crippen molar-refractivity contribution in [2.75, 3.05) is 7.11 Å². The van der Waals surface area contributed by atoms with Crippen LogP contribution in [0.2, 0.25) is 0 Å². The molecule has 0 aliphatic rings. The van der Waals surface area contributed by atoms with Crippen molar-refractivity contribution in [3.05, 3.63) is 35.9 Å². The van der Waals surface area contributed by atoms with Crippen LogP contribution in [0.3, 0.4) is 0 Å². The first-order chi connectivity index (χ1) is 7.74. The molecule has 0 unspecified atom stereocenters. The van der Waals surface area contributed by atoms with Gasteiger partial charge in [-0.05, 0) is 12.1 Å². The lowest BCUT2D eigenvalue weighted by Gasteiger charge is -2.04. The topological polar surface area (TPSA) is 60.2 Å². The number of aliphatic hydroxyl groups excluding tert-OH is 1. The lowest BCUT2D eigenvalue weighted by Crippen LogP contribution is -1.97. The van der Waals surface area contributed by atoms with Crippen molar-refractivity contribution in [1.29, 1.82) is 0 Å². The highest BCUT2D eigenvalue weighted by Gasteiger charge is 2.06. The summed E-state index contributed by atoms with van der Waals surface area (Å²) in [4.78, 5) is 0. The number of hydrogen-bond donors (Lipinski definition) is 1. The molecule has 0 fully saturated rings. The molecule has 1 aromatic heterocycles. The van der Waals surface area contributed by atoms with Crippen LogP contribution in [0.25, 0.3) is 5.69 Å². The van der Waals surface area contributed by atoms with E-state index in [1.165, 1.54) is 23.9 Å². The fraction of sp³-hybridized carbons (Fsp3) is 0.200. The zero-order chi connectivity index (χ0) is 11.5. The van der Waals surface area contributed by atoms with E-state index >= 15 is 0 Å². The molecule has 0 bridgehead atoms. The van der Waals surface area contributed by atoms with Gasteiger partial charge in [-0.15, -0.1) is 5.10 Å². The normalized spacial score (nSPS) is 10.4. The summed E-state index contributed by atoms with van der Waals surface area (Å²) >= 11 is 0. The maximum absolute atomic E-state index is 13.1. The van der Waals surface area contributed by atoms with E-state index in [0.717, 1.165) is 0 Å². The molecule has 2 aromatic rings. The summed E-state index contributed by atoms with van der Waals surface area (Å²) in [6.45, 7) is -0.182. The maximum Gasteiger partial charge on any atom is 0.165 e. The van der Waals surface area contributed by atoms with Crippen LogP contribution in [0.1, 0.15) is 5.69 Å². The molecular weight excluding hydrogens is 213 g/mol. The van der Waals surface area contributed by atoms with Crippen LogP contribution in [0.15, 0.2) is 24.4 Å². The van der Waals surface area contributed by atoms with E-state index in [0.29, 0.717) is 11.4 Å². The summed E-state index contributed by atoms with van der Waals surface area (Å²) < 4.78 is 19.4. The molecule has 0 amide bonds. The first kappa shape index (κ1) is 10.6. The van der Waals surface area contributed by atoms with Crippen molar-refractivity contribution in [2.45, 2.75) is 6.61 Å². The minimum atomic E-state index is -0.436.